The van der Waals surface area contributed by atoms with Crippen LogP contribution in [0, 0.1) is 25.2 Å². The van der Waals surface area contributed by atoms with Crippen molar-refractivity contribution in [3.63, 3.8) is 0 Å². The molecule has 7 heteroatoms. The number of rotatable bonds is 8. The number of nitrogens with one attached hydrogen (secondary N) is 1. The number of carbonyl (C=O) groups is 2. The Bertz CT molecular complexity index is 1730. The number of carbonyl (C=O) groups excluding carboxylic acids is 2. The predicted molar refractivity (Wildman–Crippen MR) is 190 cm³/mol. The molecule has 7 nitrogen and oxygen atoms in total. The number of hydrogen-bond donors (Lipinski definition) is 1. The fourth-order valence-corrected chi connectivity index (χ4v) is 6.94. The van der Waals surface area contributed by atoms with Crippen LogP contribution in [0.15, 0.2) is 72.8 Å². The largest absolute Gasteiger partial charge is 0.352 e. The van der Waals surface area contributed by atoms with E-state index in [1.807, 2.05) is 54.3 Å². The third kappa shape index (κ3) is 7.51. The molecule has 0 saturated carbocycles. The van der Waals surface area contributed by atoms with E-state index in [9.17, 15) is 9.59 Å². The van der Waals surface area contributed by atoms with Gasteiger partial charge in [0.2, 0.25) is 5.91 Å². The van der Waals surface area contributed by atoms with Crippen molar-refractivity contribution in [1.82, 2.24) is 19.8 Å². The van der Waals surface area contributed by atoms with Gasteiger partial charge >= 0.3 is 0 Å². The van der Waals surface area contributed by atoms with Crippen LogP contribution < -0.4 is 10.2 Å². The SMILES string of the molecule is Cc1cc(C(=O)N2CCc3nc(C)n(Cc4ccccc4)c3-c3ccccc32)ccc1CNC(=O)C1CCN(CCC(C)(C)C)CC1. The Morgan fingerprint density at radius 3 is 2.36 bits per heavy atom. The van der Waals surface area contributed by atoms with E-state index in [-0.39, 0.29) is 17.7 Å². The molecule has 2 aliphatic rings. The average Bonchev–Trinajstić information content (AvgIpc) is 3.27. The summed E-state index contributed by atoms with van der Waals surface area (Å²) in [5.41, 5.74) is 8.30. The van der Waals surface area contributed by atoms with Crippen LogP contribution in [0.3, 0.4) is 0 Å². The summed E-state index contributed by atoms with van der Waals surface area (Å²) in [6, 6.07) is 24.5. The molecule has 1 saturated heterocycles. The van der Waals surface area contributed by atoms with Crippen LogP contribution in [0.4, 0.5) is 5.69 Å². The number of imidazole rings is 1. The first kappa shape index (κ1) is 32.7. The number of likely N-dealkylation sites (tertiary alicyclic amines) is 1. The lowest BCUT2D eigenvalue weighted by molar-refractivity contribution is -0.126. The minimum absolute atomic E-state index is 0.0224. The van der Waals surface area contributed by atoms with Gasteiger partial charge in [-0.05, 0) is 93.0 Å². The van der Waals surface area contributed by atoms with Crippen LogP contribution in [-0.2, 0) is 24.3 Å². The lowest BCUT2D eigenvalue weighted by Gasteiger charge is -2.33. The summed E-state index contributed by atoms with van der Waals surface area (Å²) >= 11 is 0. The van der Waals surface area contributed by atoms with E-state index in [2.05, 4.69) is 72.8 Å². The molecule has 2 amide bonds. The number of amides is 2. The third-order valence-corrected chi connectivity index (χ3v) is 9.86. The number of hydrogen-bond acceptors (Lipinski definition) is 4. The highest BCUT2D eigenvalue weighted by atomic mass is 16.2. The van der Waals surface area contributed by atoms with Crippen LogP contribution in [-0.4, -0.2) is 52.4 Å². The number of piperidine rings is 1. The summed E-state index contributed by atoms with van der Waals surface area (Å²) < 4.78 is 2.28. The number of aromatic nitrogens is 2. The van der Waals surface area contributed by atoms with Crippen LogP contribution in [0.5, 0.6) is 0 Å². The van der Waals surface area contributed by atoms with Gasteiger partial charge < -0.3 is 19.7 Å². The maximum atomic E-state index is 14.1. The van der Waals surface area contributed by atoms with Crippen molar-refractivity contribution < 1.29 is 9.59 Å². The Balaban J connectivity index is 1.13. The molecule has 6 rings (SSSR count). The summed E-state index contributed by atoms with van der Waals surface area (Å²) in [6.07, 6.45) is 3.67. The van der Waals surface area contributed by atoms with Gasteiger partial charge in [-0.25, -0.2) is 4.98 Å². The van der Waals surface area contributed by atoms with E-state index in [0.717, 1.165) is 78.6 Å². The Hall–Kier alpha value is -4.23. The van der Waals surface area contributed by atoms with Crippen molar-refractivity contribution >= 4 is 17.5 Å². The van der Waals surface area contributed by atoms with Gasteiger partial charge in [-0.1, -0.05) is 75.4 Å². The van der Waals surface area contributed by atoms with Crippen molar-refractivity contribution in [3.8, 4) is 11.3 Å². The third-order valence-electron chi connectivity index (χ3n) is 9.86. The summed E-state index contributed by atoms with van der Waals surface area (Å²) in [6.45, 7) is 15.8. The number of aryl methyl sites for hydroxylation is 2. The molecule has 1 fully saturated rings. The van der Waals surface area contributed by atoms with Gasteiger partial charge in [0.1, 0.15) is 5.82 Å². The Morgan fingerprint density at radius 1 is 0.915 bits per heavy atom. The molecule has 2 aliphatic heterocycles. The van der Waals surface area contributed by atoms with E-state index >= 15 is 0 Å². The molecular weight excluding hydrogens is 582 g/mol. The van der Waals surface area contributed by atoms with Crippen LogP contribution in [0.25, 0.3) is 11.3 Å². The van der Waals surface area contributed by atoms with Gasteiger partial charge in [0.15, 0.2) is 0 Å². The molecule has 246 valence electrons. The maximum Gasteiger partial charge on any atom is 0.258 e. The van der Waals surface area contributed by atoms with Gasteiger partial charge in [0.25, 0.3) is 5.91 Å². The lowest BCUT2D eigenvalue weighted by Crippen LogP contribution is -2.41. The highest BCUT2D eigenvalue weighted by Crippen LogP contribution is 2.38. The van der Waals surface area contributed by atoms with E-state index in [1.165, 1.54) is 12.0 Å². The summed E-state index contributed by atoms with van der Waals surface area (Å²) in [5.74, 6) is 1.16. The number of nitrogens with zero attached hydrogens (tertiary/aromatic N) is 4. The van der Waals surface area contributed by atoms with Gasteiger partial charge in [-0.15, -0.1) is 0 Å². The van der Waals surface area contributed by atoms with E-state index < -0.39 is 0 Å². The quantitative estimate of drug-likeness (QED) is 0.224. The molecule has 0 atom stereocenters. The van der Waals surface area contributed by atoms with E-state index in [4.69, 9.17) is 4.98 Å². The summed E-state index contributed by atoms with van der Waals surface area (Å²) in [4.78, 5) is 36.6. The lowest BCUT2D eigenvalue weighted by atomic mass is 9.90. The molecule has 0 aliphatic carbocycles. The second-order valence-electron chi connectivity index (χ2n) is 14.5. The number of benzene rings is 3. The first-order valence-corrected chi connectivity index (χ1v) is 17.2. The molecule has 0 radical (unpaired) electrons. The van der Waals surface area contributed by atoms with Gasteiger partial charge in [0.05, 0.1) is 17.1 Å². The van der Waals surface area contributed by atoms with Crippen molar-refractivity contribution in [2.24, 2.45) is 11.3 Å². The monoisotopic (exact) mass is 631 g/mol. The van der Waals surface area contributed by atoms with Gasteiger partial charge in [-0.3, -0.25) is 9.59 Å². The highest BCUT2D eigenvalue weighted by Gasteiger charge is 2.29. The second-order valence-corrected chi connectivity index (χ2v) is 14.5. The first-order chi connectivity index (χ1) is 22.6. The zero-order chi connectivity index (χ0) is 33.1. The molecule has 3 aromatic carbocycles. The topological polar surface area (TPSA) is 70.5 Å². The predicted octanol–water partition coefficient (Wildman–Crippen LogP) is 7.18. The highest BCUT2D eigenvalue weighted by molar-refractivity contribution is 6.08. The smallest absolute Gasteiger partial charge is 0.258 e. The molecule has 0 bridgehead atoms. The standard InChI is InChI=1S/C40H49N5O2/c1-28-25-32(15-16-33(28)26-41-38(46)31-17-21-43(22-18-31)24-20-40(3,4)5)39(47)44-23-19-35-37(34-13-9-10-14-36(34)44)45(29(2)42-35)27-30-11-7-6-8-12-30/h6-16,25,31H,17-24,26-27H2,1-5H3,(H,41,46). The summed E-state index contributed by atoms with van der Waals surface area (Å²) in [5, 5.41) is 3.19. The molecule has 47 heavy (non-hydrogen) atoms. The van der Waals surface area contributed by atoms with Crippen LogP contribution >= 0.6 is 0 Å². The molecule has 1 N–H and O–H groups in total. The number of anilines is 1. The zero-order valence-electron chi connectivity index (χ0n) is 28.7. The number of para-hydroxylation sites is 1. The normalized spacial score (nSPS) is 15.6. The molecule has 0 unspecified atom stereocenters. The van der Waals surface area contributed by atoms with Crippen molar-refractivity contribution in [1.29, 1.82) is 0 Å². The molecule has 4 aromatic rings. The molecule has 1 aromatic heterocycles. The van der Waals surface area contributed by atoms with Gasteiger partial charge in [-0.2, -0.15) is 0 Å². The van der Waals surface area contributed by atoms with Crippen LogP contribution in [0.2, 0.25) is 0 Å². The zero-order valence-corrected chi connectivity index (χ0v) is 28.7. The van der Waals surface area contributed by atoms with E-state index in [1.54, 1.807) is 0 Å². The molecular formula is C40H49N5O2. The van der Waals surface area contributed by atoms with Gasteiger partial charge in [0, 0.05) is 43.1 Å². The fraction of sp³-hybridized carbons (Fsp3) is 0.425. The van der Waals surface area contributed by atoms with Crippen molar-refractivity contribution in [2.45, 2.75) is 73.4 Å². The second kappa shape index (κ2) is 13.9. The van der Waals surface area contributed by atoms with Crippen molar-refractivity contribution in [2.75, 3.05) is 31.1 Å². The average molecular weight is 632 g/mol. The Morgan fingerprint density at radius 2 is 1.64 bits per heavy atom. The fourth-order valence-electron chi connectivity index (χ4n) is 6.94. The summed E-state index contributed by atoms with van der Waals surface area (Å²) in [7, 11) is 0. The molecule has 0 spiro atoms. The first-order valence-electron chi connectivity index (χ1n) is 17.2. The Labute approximate surface area is 280 Å². The Kier molecular flexibility index (Phi) is 9.65. The maximum absolute atomic E-state index is 14.1. The molecule has 3 heterocycles. The number of fused-ring (bicyclic) bond motifs is 3. The van der Waals surface area contributed by atoms with Crippen LogP contribution in [0.1, 0.15) is 78.6 Å². The van der Waals surface area contributed by atoms with E-state index in [0.29, 0.717) is 30.5 Å². The van der Waals surface area contributed by atoms with Crippen molar-refractivity contribution in [3.05, 3.63) is 107 Å². The minimum atomic E-state index is -0.0224. The minimum Gasteiger partial charge on any atom is -0.352 e.